The van der Waals surface area contributed by atoms with Crippen LogP contribution < -0.4 is 0 Å². The highest BCUT2D eigenvalue weighted by atomic mass is 28.3. The molecule has 0 aromatic heterocycles. The van der Waals surface area contributed by atoms with E-state index in [9.17, 15) is 0 Å². The van der Waals surface area contributed by atoms with Gasteiger partial charge in [0.2, 0.25) is 0 Å². The van der Waals surface area contributed by atoms with E-state index < -0.39 is 16.1 Å². The van der Waals surface area contributed by atoms with Gasteiger partial charge < -0.3 is 0 Å². The molecule has 0 aliphatic heterocycles. The highest BCUT2D eigenvalue weighted by Gasteiger charge is 2.16. The van der Waals surface area contributed by atoms with Crippen LogP contribution in [-0.4, -0.2) is 16.1 Å². The van der Waals surface area contributed by atoms with E-state index in [1.54, 1.807) is 0 Å². The summed E-state index contributed by atoms with van der Waals surface area (Å²) >= 11 is 0. The summed E-state index contributed by atoms with van der Waals surface area (Å²) in [5, 5.41) is 1.19. The Hall–Kier alpha value is -0.266. The molecule has 0 N–H and O–H groups in total. The Morgan fingerprint density at radius 3 is 1.67 bits per heavy atom. The van der Waals surface area contributed by atoms with E-state index in [1.165, 1.54) is 5.20 Å². The van der Waals surface area contributed by atoms with Crippen LogP contribution in [0, 0.1) is 11.5 Å². The Labute approximate surface area is 79.1 Å². The molecule has 0 radical (unpaired) electrons. The van der Waals surface area contributed by atoms with E-state index in [0.29, 0.717) is 0 Å². The predicted molar refractivity (Wildman–Crippen MR) is 63.6 cm³/mol. The highest BCUT2D eigenvalue weighted by Crippen LogP contribution is 2.11. The van der Waals surface area contributed by atoms with E-state index in [2.05, 4.69) is 57.3 Å². The van der Waals surface area contributed by atoms with Crippen molar-refractivity contribution in [3.8, 4) is 11.5 Å². The third kappa shape index (κ3) is 5.39. The topological polar surface area (TPSA) is 0 Å². The number of hydrogen-bond donors (Lipinski definition) is 0. The highest BCUT2D eigenvalue weighted by molar-refractivity contribution is 6.86. The summed E-state index contributed by atoms with van der Waals surface area (Å²) in [7, 11) is -2.40. The Kier molecular flexibility index (Phi) is 3.55. The van der Waals surface area contributed by atoms with Crippen LogP contribution in [0.5, 0.6) is 0 Å². The maximum absolute atomic E-state index is 4.04. The van der Waals surface area contributed by atoms with Gasteiger partial charge >= 0.3 is 0 Å². The van der Waals surface area contributed by atoms with E-state index in [4.69, 9.17) is 0 Å². The summed E-state index contributed by atoms with van der Waals surface area (Å²) in [6.45, 7) is 17.7. The molecule has 0 unspecified atom stereocenters. The molecule has 0 fully saturated rings. The molecule has 0 aromatic rings. The summed E-state index contributed by atoms with van der Waals surface area (Å²) < 4.78 is 0. The third-order valence-corrected chi connectivity index (χ3v) is 4.30. The zero-order valence-electron chi connectivity index (χ0n) is 9.21. The van der Waals surface area contributed by atoms with Crippen LogP contribution in [-0.2, 0) is 0 Å². The van der Waals surface area contributed by atoms with Gasteiger partial charge in [-0.3, -0.25) is 0 Å². The van der Waals surface area contributed by atoms with Gasteiger partial charge in [-0.25, -0.2) is 0 Å². The minimum atomic E-state index is -1.21. The lowest BCUT2D eigenvalue weighted by Gasteiger charge is -2.14. The molecule has 12 heavy (non-hydrogen) atoms. The molecule has 0 nitrogen and oxygen atoms in total. The first-order valence-corrected chi connectivity index (χ1v) is 11.4. The van der Waals surface area contributed by atoms with Gasteiger partial charge in [0.25, 0.3) is 0 Å². The first-order valence-electron chi connectivity index (χ1n) is 4.35. The number of allylic oxidation sites excluding steroid dienone is 1. The largest absolute Gasteiger partial charge is 0.129 e. The molecule has 0 saturated heterocycles. The number of rotatable bonds is 1. The van der Waals surface area contributed by atoms with Crippen molar-refractivity contribution in [3.05, 3.63) is 11.8 Å². The molecule has 0 aromatic carbocycles. The van der Waals surface area contributed by atoms with Crippen LogP contribution >= 0.6 is 0 Å². The van der Waals surface area contributed by atoms with Crippen LogP contribution in [0.1, 0.15) is 0 Å². The van der Waals surface area contributed by atoms with Crippen LogP contribution in [0.2, 0.25) is 39.3 Å². The Morgan fingerprint density at radius 1 is 1.00 bits per heavy atom. The summed E-state index contributed by atoms with van der Waals surface area (Å²) in [6.07, 6.45) is 0. The molecular weight excluding hydrogens is 176 g/mol. The lowest BCUT2D eigenvalue weighted by molar-refractivity contribution is 1.71. The van der Waals surface area contributed by atoms with Crippen LogP contribution in [0.15, 0.2) is 11.8 Å². The molecule has 0 heterocycles. The van der Waals surface area contributed by atoms with Gasteiger partial charge in [0.15, 0.2) is 0 Å². The fourth-order valence-electron chi connectivity index (χ4n) is 0.450. The first-order chi connectivity index (χ1) is 5.13. The molecule has 0 saturated carbocycles. The molecule has 0 bridgehead atoms. The maximum Gasteiger partial charge on any atom is 0.129 e. The quantitative estimate of drug-likeness (QED) is 0.446. The Bertz CT molecular complexity index is 227. The average molecular weight is 196 g/mol. The SMILES string of the molecule is C=C(C#C[Si](C)(C)C)[Si](C)(C)C. The Morgan fingerprint density at radius 2 is 1.42 bits per heavy atom. The van der Waals surface area contributed by atoms with Gasteiger partial charge in [0.05, 0.1) is 8.07 Å². The van der Waals surface area contributed by atoms with Crippen molar-refractivity contribution in [2.24, 2.45) is 0 Å². The first kappa shape index (κ1) is 11.7. The van der Waals surface area contributed by atoms with Gasteiger partial charge in [-0.2, -0.15) is 0 Å². The summed E-state index contributed by atoms with van der Waals surface area (Å²) in [6, 6.07) is 0. The molecule has 0 spiro atoms. The van der Waals surface area contributed by atoms with Crippen molar-refractivity contribution in [3.63, 3.8) is 0 Å². The minimum Gasteiger partial charge on any atom is -0.127 e. The van der Waals surface area contributed by atoms with Crippen molar-refractivity contribution in [2.75, 3.05) is 0 Å². The van der Waals surface area contributed by atoms with Crippen molar-refractivity contribution in [2.45, 2.75) is 39.3 Å². The summed E-state index contributed by atoms with van der Waals surface area (Å²) in [4.78, 5) is 0. The smallest absolute Gasteiger partial charge is 0.127 e. The van der Waals surface area contributed by atoms with E-state index in [-0.39, 0.29) is 0 Å². The fraction of sp³-hybridized carbons (Fsp3) is 0.600. The zero-order valence-corrected chi connectivity index (χ0v) is 11.2. The predicted octanol–water partition coefficient (Wildman–Crippen LogP) is 3.30. The lowest BCUT2D eigenvalue weighted by Crippen LogP contribution is -2.23. The fourth-order valence-corrected chi connectivity index (χ4v) is 1.54. The second-order valence-electron chi connectivity index (χ2n) is 5.23. The number of hydrogen-bond acceptors (Lipinski definition) is 0. The van der Waals surface area contributed by atoms with Crippen molar-refractivity contribution in [1.29, 1.82) is 0 Å². The van der Waals surface area contributed by atoms with Gasteiger partial charge in [-0.15, -0.1) is 5.54 Å². The van der Waals surface area contributed by atoms with E-state index in [0.717, 1.165) is 0 Å². The molecule has 0 rings (SSSR count). The van der Waals surface area contributed by atoms with Crippen molar-refractivity contribution < 1.29 is 0 Å². The van der Waals surface area contributed by atoms with E-state index >= 15 is 0 Å². The molecule has 0 aliphatic rings. The summed E-state index contributed by atoms with van der Waals surface area (Å²) in [5.41, 5.74) is 3.35. The molecule has 0 atom stereocenters. The minimum absolute atomic E-state index is 1.19. The maximum atomic E-state index is 4.04. The van der Waals surface area contributed by atoms with Gasteiger partial charge in [0, 0.05) is 0 Å². The van der Waals surface area contributed by atoms with E-state index in [1.807, 2.05) is 0 Å². The van der Waals surface area contributed by atoms with Gasteiger partial charge in [0.1, 0.15) is 8.07 Å². The second kappa shape index (κ2) is 3.63. The normalized spacial score (nSPS) is 11.8. The zero-order chi connectivity index (χ0) is 9.99. The summed E-state index contributed by atoms with van der Waals surface area (Å²) in [5.74, 6) is 3.24. The van der Waals surface area contributed by atoms with Crippen LogP contribution in [0.3, 0.4) is 0 Å². The Balaban J connectivity index is 4.46. The van der Waals surface area contributed by atoms with Crippen LogP contribution in [0.4, 0.5) is 0 Å². The molecule has 0 amide bonds. The monoisotopic (exact) mass is 196 g/mol. The third-order valence-electron chi connectivity index (χ3n) is 1.49. The van der Waals surface area contributed by atoms with Crippen molar-refractivity contribution >= 4 is 16.1 Å². The molecule has 0 aliphatic carbocycles. The van der Waals surface area contributed by atoms with Gasteiger partial charge in [-0.05, 0) is 5.20 Å². The van der Waals surface area contributed by atoms with Crippen LogP contribution in [0.25, 0.3) is 0 Å². The van der Waals surface area contributed by atoms with Gasteiger partial charge in [-0.1, -0.05) is 51.8 Å². The standard InChI is InChI=1S/C10H20Si2/c1-10(12(5,6)7)8-9-11(2,3)4/h1H2,2-7H3. The molecular formula is C10H20Si2. The molecule has 2 heteroatoms. The van der Waals surface area contributed by atoms with Crippen molar-refractivity contribution in [1.82, 2.24) is 0 Å². The average Bonchev–Trinajstić information content (AvgIpc) is 1.78. The second-order valence-corrected chi connectivity index (χ2v) is 15.1. The molecule has 68 valence electrons. The lowest BCUT2D eigenvalue weighted by atomic mass is 10.7.